The fourth-order valence-electron chi connectivity index (χ4n) is 2.49. The number of rotatable bonds is 3. The van der Waals surface area contributed by atoms with Crippen LogP contribution >= 0.6 is 22.9 Å². The van der Waals surface area contributed by atoms with Gasteiger partial charge in [0.25, 0.3) is 5.56 Å². The normalized spacial score (nSPS) is 11.3. The first-order chi connectivity index (χ1) is 12.1. The molecule has 10 heteroatoms. The van der Waals surface area contributed by atoms with Crippen LogP contribution in [0.3, 0.4) is 0 Å². The summed E-state index contributed by atoms with van der Waals surface area (Å²) in [5, 5.41) is 10.1. The molecule has 4 aromatic heterocycles. The molecule has 4 rings (SSSR count). The first-order valence-corrected chi connectivity index (χ1v) is 8.41. The smallest absolute Gasteiger partial charge is 0.338 e. The van der Waals surface area contributed by atoms with E-state index in [1.165, 1.54) is 34.2 Å². The SMILES string of the molecule is Cn1c(=O)c2sccc2n2c(COC(=O)c3ccnc(Cl)c3)nnc12. The molecule has 25 heavy (non-hydrogen) atoms. The second-order valence-corrected chi connectivity index (χ2v) is 6.50. The van der Waals surface area contributed by atoms with Crippen LogP contribution in [0.1, 0.15) is 16.2 Å². The maximum Gasteiger partial charge on any atom is 0.338 e. The number of nitrogens with zero attached hydrogens (tertiary/aromatic N) is 5. The van der Waals surface area contributed by atoms with E-state index in [0.29, 0.717) is 27.4 Å². The molecule has 0 amide bonds. The summed E-state index contributed by atoms with van der Waals surface area (Å²) >= 11 is 7.11. The van der Waals surface area contributed by atoms with Crippen molar-refractivity contribution in [3.05, 3.63) is 56.7 Å². The summed E-state index contributed by atoms with van der Waals surface area (Å²) in [5.74, 6) is 0.254. The van der Waals surface area contributed by atoms with Crippen LogP contribution in [0.5, 0.6) is 0 Å². The Morgan fingerprint density at radius 3 is 3.00 bits per heavy atom. The Kier molecular flexibility index (Phi) is 3.74. The van der Waals surface area contributed by atoms with Gasteiger partial charge in [-0.15, -0.1) is 21.5 Å². The van der Waals surface area contributed by atoms with Gasteiger partial charge in [-0.05, 0) is 23.6 Å². The fourth-order valence-corrected chi connectivity index (χ4v) is 3.51. The van der Waals surface area contributed by atoms with Crippen LogP contribution in [0.4, 0.5) is 0 Å². The minimum absolute atomic E-state index is 0.0942. The lowest BCUT2D eigenvalue weighted by Gasteiger charge is -2.06. The minimum atomic E-state index is -0.549. The molecule has 0 atom stereocenters. The molecule has 0 N–H and O–H groups in total. The van der Waals surface area contributed by atoms with E-state index >= 15 is 0 Å². The number of pyridine rings is 1. The number of thiophene rings is 1. The third kappa shape index (κ3) is 2.57. The van der Waals surface area contributed by atoms with E-state index in [2.05, 4.69) is 15.2 Å². The summed E-state index contributed by atoms with van der Waals surface area (Å²) in [6, 6.07) is 4.75. The number of halogens is 1. The number of fused-ring (bicyclic) bond motifs is 3. The molecule has 0 unspecified atom stereocenters. The zero-order valence-electron chi connectivity index (χ0n) is 12.8. The van der Waals surface area contributed by atoms with Crippen molar-refractivity contribution in [2.45, 2.75) is 6.61 Å². The number of carbonyl (C=O) groups excluding carboxylic acids is 1. The van der Waals surface area contributed by atoms with Crippen molar-refractivity contribution in [2.75, 3.05) is 0 Å². The van der Waals surface area contributed by atoms with E-state index in [9.17, 15) is 9.59 Å². The predicted octanol–water partition coefficient (Wildman–Crippen LogP) is 2.05. The number of ether oxygens (including phenoxy) is 1. The van der Waals surface area contributed by atoms with Crippen LogP contribution in [0.15, 0.2) is 34.6 Å². The number of carbonyl (C=O) groups is 1. The Bertz CT molecular complexity index is 1180. The van der Waals surface area contributed by atoms with Crippen LogP contribution < -0.4 is 5.56 Å². The van der Waals surface area contributed by atoms with Crippen LogP contribution in [0.25, 0.3) is 16.0 Å². The van der Waals surface area contributed by atoms with E-state index in [-0.39, 0.29) is 17.3 Å². The summed E-state index contributed by atoms with van der Waals surface area (Å²) in [6.07, 6.45) is 1.43. The lowest BCUT2D eigenvalue weighted by Crippen LogP contribution is -2.19. The Morgan fingerprint density at radius 2 is 2.20 bits per heavy atom. The van der Waals surface area contributed by atoms with Crippen molar-refractivity contribution in [3.8, 4) is 0 Å². The molecule has 0 saturated carbocycles. The van der Waals surface area contributed by atoms with Gasteiger partial charge >= 0.3 is 5.97 Å². The Balaban J connectivity index is 1.71. The van der Waals surface area contributed by atoms with Gasteiger partial charge < -0.3 is 4.74 Å². The topological polar surface area (TPSA) is 91.4 Å². The van der Waals surface area contributed by atoms with Gasteiger partial charge in [0.2, 0.25) is 5.78 Å². The molecule has 126 valence electrons. The van der Waals surface area contributed by atoms with Crippen molar-refractivity contribution >= 4 is 44.9 Å². The van der Waals surface area contributed by atoms with Crippen LogP contribution in [0.2, 0.25) is 5.15 Å². The van der Waals surface area contributed by atoms with Crippen molar-refractivity contribution in [1.82, 2.24) is 24.1 Å². The highest BCUT2D eigenvalue weighted by Crippen LogP contribution is 2.19. The standard InChI is InChI=1S/C15H10ClN5O3S/c1-20-13(22)12-9(3-5-25-12)21-11(18-19-15(20)21)7-24-14(23)8-2-4-17-10(16)6-8/h2-6H,7H2,1H3. The molecule has 0 bridgehead atoms. The van der Waals surface area contributed by atoms with Crippen LogP contribution in [-0.4, -0.2) is 30.1 Å². The van der Waals surface area contributed by atoms with Gasteiger partial charge in [-0.3, -0.25) is 13.8 Å². The molecule has 0 radical (unpaired) electrons. The summed E-state index contributed by atoms with van der Waals surface area (Å²) in [7, 11) is 1.63. The molecule has 0 fully saturated rings. The summed E-state index contributed by atoms with van der Waals surface area (Å²) in [5.41, 5.74) is 0.841. The predicted molar refractivity (Wildman–Crippen MR) is 92.0 cm³/mol. The first-order valence-electron chi connectivity index (χ1n) is 7.15. The zero-order valence-corrected chi connectivity index (χ0v) is 14.4. The minimum Gasteiger partial charge on any atom is -0.454 e. The largest absolute Gasteiger partial charge is 0.454 e. The average molecular weight is 376 g/mol. The Labute approximate surface area is 149 Å². The highest BCUT2D eigenvalue weighted by atomic mass is 35.5. The lowest BCUT2D eigenvalue weighted by atomic mass is 10.3. The summed E-state index contributed by atoms with van der Waals surface area (Å²) < 4.78 is 9.01. The Hall–Kier alpha value is -2.78. The number of aromatic nitrogens is 5. The van der Waals surface area contributed by atoms with E-state index < -0.39 is 5.97 Å². The Morgan fingerprint density at radius 1 is 1.36 bits per heavy atom. The third-order valence-corrected chi connectivity index (χ3v) is 4.79. The molecular formula is C15H10ClN5O3S. The second-order valence-electron chi connectivity index (χ2n) is 5.19. The van der Waals surface area contributed by atoms with Crippen molar-refractivity contribution in [2.24, 2.45) is 7.05 Å². The third-order valence-electron chi connectivity index (χ3n) is 3.69. The fraction of sp³-hybridized carbons (Fsp3) is 0.133. The maximum absolute atomic E-state index is 12.3. The zero-order chi connectivity index (χ0) is 17.6. The lowest BCUT2D eigenvalue weighted by molar-refractivity contribution is 0.0461. The molecule has 8 nitrogen and oxygen atoms in total. The highest BCUT2D eigenvalue weighted by molar-refractivity contribution is 7.17. The summed E-state index contributed by atoms with van der Waals surface area (Å²) in [6.45, 7) is -0.0942. The van der Waals surface area contributed by atoms with E-state index in [0.717, 1.165) is 0 Å². The van der Waals surface area contributed by atoms with Gasteiger partial charge in [0.05, 0.1) is 11.1 Å². The second kappa shape index (κ2) is 5.94. The van der Waals surface area contributed by atoms with Gasteiger partial charge in [-0.2, -0.15) is 0 Å². The van der Waals surface area contributed by atoms with Crippen molar-refractivity contribution < 1.29 is 9.53 Å². The molecule has 0 aromatic carbocycles. The number of hydrogen-bond acceptors (Lipinski definition) is 7. The van der Waals surface area contributed by atoms with E-state index in [4.69, 9.17) is 16.3 Å². The quantitative estimate of drug-likeness (QED) is 0.402. The molecule has 0 saturated heterocycles. The number of aryl methyl sites for hydroxylation is 1. The van der Waals surface area contributed by atoms with E-state index in [1.807, 2.05) is 11.4 Å². The first kappa shape index (κ1) is 15.7. The monoisotopic (exact) mass is 375 g/mol. The van der Waals surface area contributed by atoms with Crippen molar-refractivity contribution in [3.63, 3.8) is 0 Å². The number of esters is 1. The molecule has 0 spiro atoms. The van der Waals surface area contributed by atoms with Crippen molar-refractivity contribution in [1.29, 1.82) is 0 Å². The van der Waals surface area contributed by atoms with Crippen LogP contribution in [-0.2, 0) is 18.4 Å². The summed E-state index contributed by atoms with van der Waals surface area (Å²) in [4.78, 5) is 28.2. The molecule has 0 aliphatic carbocycles. The highest BCUT2D eigenvalue weighted by Gasteiger charge is 2.17. The van der Waals surface area contributed by atoms with Gasteiger partial charge in [0, 0.05) is 13.2 Å². The van der Waals surface area contributed by atoms with Crippen LogP contribution in [0, 0.1) is 0 Å². The molecule has 0 aliphatic heterocycles. The van der Waals surface area contributed by atoms with E-state index in [1.54, 1.807) is 11.4 Å². The molecule has 4 heterocycles. The van der Waals surface area contributed by atoms with Gasteiger partial charge in [0.15, 0.2) is 12.4 Å². The molecule has 0 aliphatic rings. The molecular weight excluding hydrogens is 366 g/mol. The van der Waals surface area contributed by atoms with Gasteiger partial charge in [0.1, 0.15) is 9.85 Å². The maximum atomic E-state index is 12.3. The van der Waals surface area contributed by atoms with Gasteiger partial charge in [-0.1, -0.05) is 11.6 Å². The molecule has 4 aromatic rings. The number of hydrogen-bond donors (Lipinski definition) is 0. The van der Waals surface area contributed by atoms with Gasteiger partial charge in [-0.25, -0.2) is 9.78 Å². The average Bonchev–Trinajstić information content (AvgIpc) is 3.24.